The summed E-state index contributed by atoms with van der Waals surface area (Å²) in [6.07, 6.45) is 1.03. The molecule has 0 aliphatic rings. The molecular formula is C11H16BrNO2. The molecule has 0 radical (unpaired) electrons. The van der Waals surface area contributed by atoms with Crippen molar-refractivity contribution in [1.29, 1.82) is 0 Å². The average molecular weight is 274 g/mol. The number of ether oxygens (including phenoxy) is 2. The van der Waals surface area contributed by atoms with E-state index in [0.717, 1.165) is 23.2 Å². The maximum atomic E-state index is 5.67. The van der Waals surface area contributed by atoms with Crippen molar-refractivity contribution in [3.05, 3.63) is 22.7 Å². The van der Waals surface area contributed by atoms with E-state index in [0.29, 0.717) is 18.9 Å². The van der Waals surface area contributed by atoms with E-state index in [2.05, 4.69) is 22.9 Å². The second-order valence-electron chi connectivity index (χ2n) is 3.18. The van der Waals surface area contributed by atoms with Gasteiger partial charge in [-0.05, 0) is 18.6 Å². The van der Waals surface area contributed by atoms with Gasteiger partial charge >= 0.3 is 0 Å². The number of anilines is 1. The van der Waals surface area contributed by atoms with Crippen molar-refractivity contribution in [2.24, 2.45) is 0 Å². The fourth-order valence-electron chi connectivity index (χ4n) is 1.13. The molecule has 2 N–H and O–H groups in total. The van der Waals surface area contributed by atoms with Crippen molar-refractivity contribution in [3.8, 4) is 5.75 Å². The lowest BCUT2D eigenvalue weighted by atomic mass is 10.3. The van der Waals surface area contributed by atoms with Gasteiger partial charge in [0, 0.05) is 22.8 Å². The van der Waals surface area contributed by atoms with Crippen LogP contribution in [0.4, 0.5) is 5.69 Å². The van der Waals surface area contributed by atoms with Crippen LogP contribution in [0, 0.1) is 0 Å². The highest BCUT2D eigenvalue weighted by atomic mass is 79.9. The molecule has 0 heterocycles. The Kier molecular flexibility index (Phi) is 5.50. The Labute approximate surface area is 98.7 Å². The molecule has 0 aliphatic carbocycles. The maximum Gasteiger partial charge on any atom is 0.122 e. The summed E-state index contributed by atoms with van der Waals surface area (Å²) in [6.45, 7) is 4.02. The van der Waals surface area contributed by atoms with Crippen LogP contribution in [0.2, 0.25) is 0 Å². The summed E-state index contributed by atoms with van der Waals surface area (Å²) in [7, 11) is 0. The third-order valence-corrected chi connectivity index (χ3v) is 2.20. The van der Waals surface area contributed by atoms with E-state index in [1.54, 1.807) is 6.07 Å². The SMILES string of the molecule is CCCOCCOc1cc(N)cc(Br)c1. The van der Waals surface area contributed by atoms with Crippen molar-refractivity contribution in [1.82, 2.24) is 0 Å². The minimum Gasteiger partial charge on any atom is -0.491 e. The van der Waals surface area contributed by atoms with E-state index in [9.17, 15) is 0 Å². The van der Waals surface area contributed by atoms with Gasteiger partial charge in [-0.2, -0.15) is 0 Å². The fourth-order valence-corrected chi connectivity index (χ4v) is 1.62. The van der Waals surface area contributed by atoms with Gasteiger partial charge in [-0.3, -0.25) is 0 Å². The Morgan fingerprint density at radius 2 is 2.00 bits per heavy atom. The first-order valence-corrected chi connectivity index (χ1v) is 5.78. The summed E-state index contributed by atoms with van der Waals surface area (Å²) in [5, 5.41) is 0. The molecule has 1 aromatic rings. The van der Waals surface area contributed by atoms with Gasteiger partial charge in [-0.15, -0.1) is 0 Å². The van der Waals surface area contributed by atoms with E-state index in [4.69, 9.17) is 15.2 Å². The second-order valence-corrected chi connectivity index (χ2v) is 4.10. The van der Waals surface area contributed by atoms with Crippen LogP contribution in [0.25, 0.3) is 0 Å². The number of rotatable bonds is 6. The number of nitrogen functional groups attached to an aromatic ring is 1. The standard InChI is InChI=1S/C11H16BrNO2/c1-2-3-14-4-5-15-11-7-9(12)6-10(13)8-11/h6-8H,2-5,13H2,1H3. The van der Waals surface area contributed by atoms with Crippen LogP contribution in [0.5, 0.6) is 5.75 Å². The zero-order chi connectivity index (χ0) is 11.1. The largest absolute Gasteiger partial charge is 0.491 e. The number of nitrogens with two attached hydrogens (primary N) is 1. The first-order chi connectivity index (χ1) is 7.22. The Morgan fingerprint density at radius 1 is 1.20 bits per heavy atom. The average Bonchev–Trinajstić information content (AvgIpc) is 2.16. The molecule has 15 heavy (non-hydrogen) atoms. The monoisotopic (exact) mass is 273 g/mol. The predicted octanol–water partition coefficient (Wildman–Crippen LogP) is 2.84. The molecule has 0 saturated carbocycles. The van der Waals surface area contributed by atoms with Crippen molar-refractivity contribution >= 4 is 21.6 Å². The topological polar surface area (TPSA) is 44.5 Å². The van der Waals surface area contributed by atoms with Crippen LogP contribution < -0.4 is 10.5 Å². The summed E-state index contributed by atoms with van der Waals surface area (Å²) in [5.41, 5.74) is 6.36. The van der Waals surface area contributed by atoms with E-state index >= 15 is 0 Å². The fraction of sp³-hybridized carbons (Fsp3) is 0.455. The maximum absolute atomic E-state index is 5.67. The van der Waals surface area contributed by atoms with E-state index in [1.165, 1.54) is 0 Å². The molecule has 0 unspecified atom stereocenters. The number of benzene rings is 1. The van der Waals surface area contributed by atoms with Gasteiger partial charge in [-0.25, -0.2) is 0 Å². The van der Waals surface area contributed by atoms with Gasteiger partial charge in [0.1, 0.15) is 12.4 Å². The summed E-state index contributed by atoms with van der Waals surface area (Å²) in [6, 6.07) is 5.52. The molecular weight excluding hydrogens is 258 g/mol. The number of hydrogen-bond donors (Lipinski definition) is 1. The molecule has 0 atom stereocenters. The molecule has 3 nitrogen and oxygen atoms in total. The van der Waals surface area contributed by atoms with Gasteiger partial charge in [0.2, 0.25) is 0 Å². The summed E-state index contributed by atoms with van der Waals surface area (Å²) >= 11 is 3.36. The van der Waals surface area contributed by atoms with Gasteiger partial charge < -0.3 is 15.2 Å². The van der Waals surface area contributed by atoms with Crippen molar-refractivity contribution < 1.29 is 9.47 Å². The van der Waals surface area contributed by atoms with Crippen molar-refractivity contribution in [2.45, 2.75) is 13.3 Å². The van der Waals surface area contributed by atoms with Crippen molar-refractivity contribution in [3.63, 3.8) is 0 Å². The molecule has 4 heteroatoms. The lowest BCUT2D eigenvalue weighted by Crippen LogP contribution is -2.07. The zero-order valence-electron chi connectivity index (χ0n) is 8.83. The highest BCUT2D eigenvalue weighted by Gasteiger charge is 1.97. The third kappa shape index (κ3) is 5.04. The molecule has 0 spiro atoms. The van der Waals surface area contributed by atoms with E-state index < -0.39 is 0 Å². The molecule has 0 aliphatic heterocycles. The molecule has 0 fully saturated rings. The Balaban J connectivity index is 2.31. The van der Waals surface area contributed by atoms with Crippen LogP contribution in [0.15, 0.2) is 22.7 Å². The molecule has 0 amide bonds. The lowest BCUT2D eigenvalue weighted by molar-refractivity contribution is 0.101. The quantitative estimate of drug-likeness (QED) is 0.640. The van der Waals surface area contributed by atoms with Crippen LogP contribution in [0.1, 0.15) is 13.3 Å². The van der Waals surface area contributed by atoms with E-state index in [-0.39, 0.29) is 0 Å². The highest BCUT2D eigenvalue weighted by molar-refractivity contribution is 9.10. The second kappa shape index (κ2) is 6.69. The number of halogens is 1. The smallest absolute Gasteiger partial charge is 0.122 e. The van der Waals surface area contributed by atoms with Crippen LogP contribution >= 0.6 is 15.9 Å². The Hall–Kier alpha value is -0.740. The minimum atomic E-state index is 0.551. The molecule has 0 saturated heterocycles. The summed E-state index contributed by atoms with van der Waals surface area (Å²) in [4.78, 5) is 0. The zero-order valence-corrected chi connectivity index (χ0v) is 10.4. The van der Waals surface area contributed by atoms with Gasteiger partial charge in [0.05, 0.1) is 6.61 Å². The normalized spacial score (nSPS) is 10.3. The molecule has 84 valence electrons. The summed E-state index contributed by atoms with van der Waals surface area (Å²) < 4.78 is 11.7. The van der Waals surface area contributed by atoms with Crippen LogP contribution in [-0.4, -0.2) is 19.8 Å². The third-order valence-electron chi connectivity index (χ3n) is 1.74. The molecule has 1 rings (SSSR count). The molecule has 0 aromatic heterocycles. The first-order valence-electron chi connectivity index (χ1n) is 4.99. The van der Waals surface area contributed by atoms with Gasteiger partial charge in [-0.1, -0.05) is 22.9 Å². The van der Waals surface area contributed by atoms with Gasteiger partial charge in [0.15, 0.2) is 0 Å². The lowest BCUT2D eigenvalue weighted by Gasteiger charge is -2.07. The first kappa shape index (κ1) is 12.3. The van der Waals surface area contributed by atoms with Gasteiger partial charge in [0.25, 0.3) is 0 Å². The van der Waals surface area contributed by atoms with Crippen molar-refractivity contribution in [2.75, 3.05) is 25.6 Å². The van der Waals surface area contributed by atoms with E-state index in [1.807, 2.05) is 12.1 Å². The van der Waals surface area contributed by atoms with Crippen LogP contribution in [-0.2, 0) is 4.74 Å². The predicted molar refractivity (Wildman–Crippen MR) is 65.2 cm³/mol. The summed E-state index contributed by atoms with van der Waals surface area (Å²) in [5.74, 6) is 0.766. The minimum absolute atomic E-state index is 0.551. The number of hydrogen-bond acceptors (Lipinski definition) is 3. The Morgan fingerprint density at radius 3 is 2.67 bits per heavy atom. The molecule has 0 bridgehead atoms. The Bertz CT molecular complexity index is 284. The molecule has 1 aromatic carbocycles. The highest BCUT2D eigenvalue weighted by Crippen LogP contribution is 2.22. The van der Waals surface area contributed by atoms with Crippen LogP contribution in [0.3, 0.4) is 0 Å².